The molecule has 0 aliphatic rings. The molecule has 38 heavy (non-hydrogen) atoms. The van der Waals surface area contributed by atoms with E-state index in [1.165, 1.54) is 0 Å². The van der Waals surface area contributed by atoms with Crippen molar-refractivity contribution in [2.75, 3.05) is 24.3 Å². The zero-order valence-electron chi connectivity index (χ0n) is 21.9. The molecule has 4 N–H and O–H groups in total. The fourth-order valence-corrected chi connectivity index (χ4v) is 4.12. The van der Waals surface area contributed by atoms with E-state index in [1.54, 1.807) is 17.6 Å². The Balaban J connectivity index is 1.71. The first-order valence-corrected chi connectivity index (χ1v) is 12.8. The van der Waals surface area contributed by atoms with Crippen LogP contribution in [0.5, 0.6) is 0 Å². The molecule has 0 spiro atoms. The number of benzene rings is 3. The SMILES string of the molecule is CN(C)c1ccc(C(=O)N[C@@H](CCCCCC(=O)NO)C(=O)Nc2ccccc2Cc2ccccc2)cc1. The minimum Gasteiger partial charge on any atom is -0.378 e. The van der Waals surface area contributed by atoms with Crippen LogP contribution in [-0.4, -0.2) is 43.1 Å². The molecule has 0 unspecified atom stereocenters. The maximum atomic E-state index is 13.4. The van der Waals surface area contributed by atoms with Crippen LogP contribution in [0.2, 0.25) is 0 Å². The Kier molecular flexibility index (Phi) is 10.9. The van der Waals surface area contributed by atoms with Gasteiger partial charge in [-0.2, -0.15) is 0 Å². The van der Waals surface area contributed by atoms with Crippen molar-refractivity contribution in [3.63, 3.8) is 0 Å². The molecule has 0 aliphatic heterocycles. The molecule has 3 aromatic rings. The zero-order chi connectivity index (χ0) is 27.3. The minimum absolute atomic E-state index is 0.199. The standard InChI is InChI=1S/C30H36N4O4/c1-34(2)25-19-17-23(18-20-25)29(36)32-27(15-7-4-8-16-28(35)33-38)30(37)31-26-14-10-9-13-24(26)21-22-11-5-3-6-12-22/h3,5-6,9-14,17-20,27,38H,4,7-8,15-16,21H2,1-2H3,(H,31,37)(H,32,36)(H,33,35)/t27-/m0/s1. The number of nitrogens with zero attached hydrogens (tertiary/aromatic N) is 1. The topological polar surface area (TPSA) is 111 Å². The molecule has 8 heteroatoms. The van der Waals surface area contributed by atoms with E-state index in [1.807, 2.05) is 85.7 Å². The van der Waals surface area contributed by atoms with Gasteiger partial charge >= 0.3 is 0 Å². The van der Waals surface area contributed by atoms with Crippen LogP contribution in [0.15, 0.2) is 78.9 Å². The third-order valence-corrected chi connectivity index (χ3v) is 6.30. The van der Waals surface area contributed by atoms with E-state index in [0.29, 0.717) is 43.4 Å². The van der Waals surface area contributed by atoms with Gasteiger partial charge in [0.15, 0.2) is 0 Å². The van der Waals surface area contributed by atoms with Crippen molar-refractivity contribution in [1.82, 2.24) is 10.8 Å². The van der Waals surface area contributed by atoms with Crippen molar-refractivity contribution >= 4 is 29.1 Å². The lowest BCUT2D eigenvalue weighted by molar-refractivity contribution is -0.129. The monoisotopic (exact) mass is 516 g/mol. The summed E-state index contributed by atoms with van der Waals surface area (Å²) in [5.41, 5.74) is 5.88. The molecule has 0 saturated heterocycles. The van der Waals surface area contributed by atoms with Gasteiger partial charge in [-0.05, 0) is 60.7 Å². The van der Waals surface area contributed by atoms with Crippen LogP contribution in [0.3, 0.4) is 0 Å². The second-order valence-corrected chi connectivity index (χ2v) is 9.41. The number of unbranched alkanes of at least 4 members (excludes halogenated alkanes) is 2. The highest BCUT2D eigenvalue weighted by atomic mass is 16.5. The summed E-state index contributed by atoms with van der Waals surface area (Å²) in [5, 5.41) is 14.6. The summed E-state index contributed by atoms with van der Waals surface area (Å²) in [5.74, 6) is -1.06. The van der Waals surface area contributed by atoms with Crippen molar-refractivity contribution in [3.05, 3.63) is 95.6 Å². The Bertz CT molecular complexity index is 1200. The number of hydroxylamine groups is 1. The number of carbonyl (C=O) groups is 3. The van der Waals surface area contributed by atoms with Gasteiger partial charge < -0.3 is 15.5 Å². The quantitative estimate of drug-likeness (QED) is 0.152. The average Bonchev–Trinajstić information content (AvgIpc) is 2.93. The van der Waals surface area contributed by atoms with E-state index in [-0.39, 0.29) is 18.2 Å². The van der Waals surface area contributed by atoms with Crippen LogP contribution in [0.1, 0.15) is 53.6 Å². The third kappa shape index (κ3) is 8.74. The van der Waals surface area contributed by atoms with E-state index in [9.17, 15) is 14.4 Å². The summed E-state index contributed by atoms with van der Waals surface area (Å²) in [6.45, 7) is 0. The predicted molar refractivity (Wildman–Crippen MR) is 149 cm³/mol. The van der Waals surface area contributed by atoms with Crippen LogP contribution in [0.4, 0.5) is 11.4 Å². The lowest BCUT2D eigenvalue weighted by Crippen LogP contribution is -2.44. The summed E-state index contributed by atoms with van der Waals surface area (Å²) in [6.07, 6.45) is 3.15. The lowest BCUT2D eigenvalue weighted by atomic mass is 10.0. The molecule has 0 aromatic heterocycles. The van der Waals surface area contributed by atoms with Gasteiger partial charge in [-0.15, -0.1) is 0 Å². The van der Waals surface area contributed by atoms with Gasteiger partial charge in [0, 0.05) is 37.5 Å². The van der Waals surface area contributed by atoms with E-state index < -0.39 is 11.9 Å². The van der Waals surface area contributed by atoms with Crippen molar-refractivity contribution < 1.29 is 19.6 Å². The number of rotatable bonds is 13. The first kappa shape index (κ1) is 28.4. The second kappa shape index (κ2) is 14.5. The van der Waals surface area contributed by atoms with Crippen molar-refractivity contribution in [1.29, 1.82) is 0 Å². The van der Waals surface area contributed by atoms with Crippen molar-refractivity contribution in [3.8, 4) is 0 Å². The van der Waals surface area contributed by atoms with Crippen LogP contribution in [0.25, 0.3) is 0 Å². The number of hydrogen-bond acceptors (Lipinski definition) is 5. The van der Waals surface area contributed by atoms with Gasteiger partial charge in [0.05, 0.1) is 0 Å². The minimum atomic E-state index is -0.757. The van der Waals surface area contributed by atoms with Gasteiger partial charge in [0.2, 0.25) is 11.8 Å². The molecule has 200 valence electrons. The van der Waals surface area contributed by atoms with Crippen LogP contribution >= 0.6 is 0 Å². The van der Waals surface area contributed by atoms with E-state index in [4.69, 9.17) is 5.21 Å². The molecule has 8 nitrogen and oxygen atoms in total. The van der Waals surface area contributed by atoms with Crippen LogP contribution in [0, 0.1) is 0 Å². The highest BCUT2D eigenvalue weighted by Crippen LogP contribution is 2.20. The molecular formula is C30H36N4O4. The zero-order valence-corrected chi connectivity index (χ0v) is 21.9. The van der Waals surface area contributed by atoms with Gasteiger partial charge in [0.25, 0.3) is 5.91 Å². The Morgan fingerprint density at radius 2 is 1.53 bits per heavy atom. The Labute approximate surface area is 224 Å². The fraction of sp³-hybridized carbons (Fsp3) is 0.300. The van der Waals surface area contributed by atoms with Crippen LogP contribution < -0.4 is 21.0 Å². The van der Waals surface area contributed by atoms with E-state index in [2.05, 4.69) is 10.6 Å². The molecule has 0 bridgehead atoms. The molecule has 0 fully saturated rings. The summed E-state index contributed by atoms with van der Waals surface area (Å²) in [4.78, 5) is 39.7. The predicted octanol–water partition coefficient (Wildman–Crippen LogP) is 4.54. The molecule has 0 saturated carbocycles. The lowest BCUT2D eigenvalue weighted by Gasteiger charge is -2.20. The molecule has 3 amide bonds. The highest BCUT2D eigenvalue weighted by molar-refractivity contribution is 6.01. The maximum absolute atomic E-state index is 13.4. The molecule has 0 radical (unpaired) electrons. The number of nitrogens with one attached hydrogen (secondary N) is 3. The Morgan fingerprint density at radius 3 is 2.21 bits per heavy atom. The fourth-order valence-electron chi connectivity index (χ4n) is 4.12. The number of amides is 3. The second-order valence-electron chi connectivity index (χ2n) is 9.41. The molecule has 3 aromatic carbocycles. The first-order valence-electron chi connectivity index (χ1n) is 12.8. The maximum Gasteiger partial charge on any atom is 0.251 e. The van der Waals surface area contributed by atoms with Crippen LogP contribution in [-0.2, 0) is 16.0 Å². The van der Waals surface area contributed by atoms with Gasteiger partial charge in [-0.25, -0.2) is 5.48 Å². The summed E-state index contributed by atoms with van der Waals surface area (Å²) in [6, 6.07) is 24.1. The number of anilines is 2. The van der Waals surface area contributed by atoms with Gasteiger partial charge in [-0.3, -0.25) is 19.6 Å². The molecular weight excluding hydrogens is 480 g/mol. The van der Waals surface area contributed by atoms with Gasteiger partial charge in [0.1, 0.15) is 6.04 Å². The largest absolute Gasteiger partial charge is 0.378 e. The molecule has 3 rings (SSSR count). The Morgan fingerprint density at radius 1 is 0.842 bits per heavy atom. The number of hydrogen-bond donors (Lipinski definition) is 4. The van der Waals surface area contributed by atoms with Gasteiger partial charge in [-0.1, -0.05) is 61.4 Å². The number of para-hydroxylation sites is 1. The summed E-state index contributed by atoms with van der Waals surface area (Å²) >= 11 is 0. The smallest absolute Gasteiger partial charge is 0.251 e. The number of carbonyl (C=O) groups excluding carboxylic acids is 3. The van der Waals surface area contributed by atoms with E-state index >= 15 is 0 Å². The molecule has 1 atom stereocenters. The summed E-state index contributed by atoms with van der Waals surface area (Å²) in [7, 11) is 3.85. The highest BCUT2D eigenvalue weighted by Gasteiger charge is 2.22. The van der Waals surface area contributed by atoms with Crippen molar-refractivity contribution in [2.24, 2.45) is 0 Å². The first-order chi connectivity index (χ1) is 18.4. The molecule has 0 heterocycles. The van der Waals surface area contributed by atoms with E-state index in [0.717, 1.165) is 16.8 Å². The Hall–Kier alpha value is -4.17. The normalized spacial score (nSPS) is 11.3. The average molecular weight is 517 g/mol. The molecule has 0 aliphatic carbocycles. The summed E-state index contributed by atoms with van der Waals surface area (Å²) < 4.78 is 0. The van der Waals surface area contributed by atoms with Crippen molar-refractivity contribution in [2.45, 2.75) is 44.6 Å². The third-order valence-electron chi connectivity index (χ3n) is 6.30.